The third-order valence-corrected chi connectivity index (χ3v) is 4.78. The Morgan fingerprint density at radius 2 is 2.12 bits per heavy atom. The van der Waals surface area contributed by atoms with Gasteiger partial charge in [-0.2, -0.15) is 0 Å². The topological polar surface area (TPSA) is 92.9 Å². The van der Waals surface area contributed by atoms with Crippen LogP contribution in [0.1, 0.15) is 55.0 Å². The lowest BCUT2D eigenvalue weighted by Gasteiger charge is -2.35. The minimum absolute atomic E-state index is 0.0110. The Labute approximate surface area is 140 Å². The maximum atomic E-state index is 12.1. The Morgan fingerprint density at radius 3 is 2.79 bits per heavy atom. The van der Waals surface area contributed by atoms with E-state index in [1.54, 1.807) is 6.20 Å². The van der Waals surface area contributed by atoms with Crippen molar-refractivity contribution >= 4 is 5.91 Å². The molecule has 7 nitrogen and oxygen atoms in total. The third-order valence-electron chi connectivity index (χ3n) is 4.78. The van der Waals surface area contributed by atoms with Gasteiger partial charge in [0.05, 0.1) is 6.42 Å². The molecule has 2 N–H and O–H groups in total. The number of carbonyl (C=O) groups is 1. The lowest BCUT2D eigenvalue weighted by Crippen LogP contribution is -2.44. The van der Waals surface area contributed by atoms with Gasteiger partial charge in [-0.15, -0.1) is 10.2 Å². The van der Waals surface area contributed by atoms with Gasteiger partial charge in [-0.1, -0.05) is 6.07 Å². The molecule has 2 aliphatic rings. The Bertz CT molecular complexity index is 720. The summed E-state index contributed by atoms with van der Waals surface area (Å²) in [6.07, 6.45) is 6.04. The van der Waals surface area contributed by atoms with Gasteiger partial charge in [0, 0.05) is 29.9 Å². The van der Waals surface area contributed by atoms with E-state index < -0.39 is 0 Å². The van der Waals surface area contributed by atoms with E-state index in [4.69, 9.17) is 0 Å². The summed E-state index contributed by atoms with van der Waals surface area (Å²) in [7, 11) is 0. The summed E-state index contributed by atoms with van der Waals surface area (Å²) in [5.41, 5.74) is 0.784. The molecule has 7 heteroatoms. The fraction of sp³-hybridized carbons (Fsp3) is 0.529. The third kappa shape index (κ3) is 3.03. The molecular formula is C17H21N5O2. The average molecular weight is 327 g/mol. The standard InChI is InChI=1S/C17H21N5O2/c23-10-15-20-21-17(22(15)14-4-5-14)11-7-13(8-11)19-16(24)9-12-3-1-2-6-18-12/h1-3,6,11,13-14,23H,4-5,7-10H2,(H,19,24). The maximum Gasteiger partial charge on any atom is 0.226 e. The largest absolute Gasteiger partial charge is 0.388 e. The second-order valence-electron chi connectivity index (χ2n) is 6.66. The van der Waals surface area contributed by atoms with Crippen LogP contribution in [0.5, 0.6) is 0 Å². The molecule has 2 aromatic rings. The van der Waals surface area contributed by atoms with Crippen molar-refractivity contribution in [3.63, 3.8) is 0 Å². The molecule has 2 saturated carbocycles. The Kier molecular flexibility index (Phi) is 4.02. The number of aliphatic hydroxyl groups is 1. The summed E-state index contributed by atoms with van der Waals surface area (Å²) in [6.45, 7) is -0.0690. The number of aromatic nitrogens is 4. The van der Waals surface area contributed by atoms with Crippen LogP contribution in [0.25, 0.3) is 0 Å². The lowest BCUT2D eigenvalue weighted by atomic mass is 9.79. The molecule has 2 aliphatic carbocycles. The molecule has 0 saturated heterocycles. The van der Waals surface area contributed by atoms with E-state index >= 15 is 0 Å². The summed E-state index contributed by atoms with van der Waals surface area (Å²) in [6, 6.07) is 6.23. The van der Waals surface area contributed by atoms with Gasteiger partial charge in [-0.3, -0.25) is 9.78 Å². The van der Waals surface area contributed by atoms with Crippen LogP contribution >= 0.6 is 0 Å². The number of nitrogens with zero attached hydrogens (tertiary/aromatic N) is 4. The first-order valence-electron chi connectivity index (χ1n) is 8.48. The highest BCUT2D eigenvalue weighted by atomic mass is 16.3. The predicted octanol–water partition coefficient (Wildman–Crippen LogP) is 1.11. The molecule has 0 atom stereocenters. The molecule has 2 heterocycles. The Hall–Kier alpha value is -2.28. The first-order chi connectivity index (χ1) is 11.7. The van der Waals surface area contributed by atoms with Crippen LogP contribution in [0.4, 0.5) is 0 Å². The van der Waals surface area contributed by atoms with E-state index in [-0.39, 0.29) is 18.6 Å². The van der Waals surface area contributed by atoms with Gasteiger partial charge in [0.25, 0.3) is 0 Å². The second-order valence-corrected chi connectivity index (χ2v) is 6.66. The van der Waals surface area contributed by atoms with Gasteiger partial charge in [0.2, 0.25) is 5.91 Å². The molecule has 126 valence electrons. The number of rotatable bonds is 6. The SMILES string of the molecule is O=C(Cc1ccccn1)NC1CC(c2nnc(CO)n2C2CC2)C1. The maximum absolute atomic E-state index is 12.1. The highest BCUT2D eigenvalue weighted by Gasteiger charge is 2.38. The number of hydrogen-bond donors (Lipinski definition) is 2. The summed E-state index contributed by atoms with van der Waals surface area (Å²) in [4.78, 5) is 16.3. The van der Waals surface area contributed by atoms with E-state index in [0.29, 0.717) is 24.2 Å². The van der Waals surface area contributed by atoms with Crippen LogP contribution in [0.3, 0.4) is 0 Å². The molecule has 0 spiro atoms. The van der Waals surface area contributed by atoms with Crippen LogP contribution in [0.2, 0.25) is 0 Å². The monoisotopic (exact) mass is 327 g/mol. The van der Waals surface area contributed by atoms with Crippen molar-refractivity contribution in [2.24, 2.45) is 0 Å². The van der Waals surface area contributed by atoms with Gasteiger partial charge in [0.15, 0.2) is 5.82 Å². The summed E-state index contributed by atoms with van der Waals surface area (Å²) in [5, 5.41) is 20.9. The zero-order valence-electron chi connectivity index (χ0n) is 13.4. The second kappa shape index (κ2) is 6.32. The zero-order chi connectivity index (χ0) is 16.5. The van der Waals surface area contributed by atoms with Gasteiger partial charge < -0.3 is 15.0 Å². The fourth-order valence-electron chi connectivity index (χ4n) is 3.35. The summed E-state index contributed by atoms with van der Waals surface area (Å²) < 4.78 is 2.11. The fourth-order valence-corrected chi connectivity index (χ4v) is 3.35. The average Bonchev–Trinajstić information content (AvgIpc) is 3.31. The number of hydrogen-bond acceptors (Lipinski definition) is 5. The highest BCUT2D eigenvalue weighted by Crippen LogP contribution is 2.42. The molecule has 24 heavy (non-hydrogen) atoms. The number of aliphatic hydroxyl groups excluding tert-OH is 1. The Balaban J connectivity index is 1.32. The van der Waals surface area contributed by atoms with Crippen LogP contribution < -0.4 is 5.32 Å². The van der Waals surface area contributed by atoms with Crippen LogP contribution in [0.15, 0.2) is 24.4 Å². The van der Waals surface area contributed by atoms with Crippen molar-refractivity contribution in [2.45, 2.75) is 56.7 Å². The smallest absolute Gasteiger partial charge is 0.226 e. The molecule has 0 bridgehead atoms. The van der Waals surface area contributed by atoms with Gasteiger partial charge in [0.1, 0.15) is 12.4 Å². The molecule has 0 radical (unpaired) electrons. The minimum atomic E-state index is -0.0690. The number of amides is 1. The zero-order valence-corrected chi connectivity index (χ0v) is 13.4. The number of carbonyl (C=O) groups excluding carboxylic acids is 1. The van der Waals surface area contributed by atoms with Crippen LogP contribution in [0, 0.1) is 0 Å². The molecule has 2 aromatic heterocycles. The summed E-state index contributed by atoms with van der Waals surface area (Å²) >= 11 is 0. The van der Waals surface area contributed by atoms with Crippen molar-refractivity contribution in [1.29, 1.82) is 0 Å². The van der Waals surface area contributed by atoms with E-state index in [0.717, 1.165) is 37.2 Å². The number of pyridine rings is 1. The van der Waals surface area contributed by atoms with Crippen molar-refractivity contribution in [3.05, 3.63) is 41.7 Å². The van der Waals surface area contributed by atoms with Crippen molar-refractivity contribution in [1.82, 2.24) is 25.1 Å². The van der Waals surface area contributed by atoms with E-state index in [1.807, 2.05) is 18.2 Å². The van der Waals surface area contributed by atoms with Gasteiger partial charge >= 0.3 is 0 Å². The van der Waals surface area contributed by atoms with Crippen molar-refractivity contribution < 1.29 is 9.90 Å². The quantitative estimate of drug-likeness (QED) is 0.829. The molecular weight excluding hydrogens is 306 g/mol. The minimum Gasteiger partial charge on any atom is -0.388 e. The van der Waals surface area contributed by atoms with Gasteiger partial charge in [-0.25, -0.2) is 0 Å². The molecule has 4 rings (SSSR count). The van der Waals surface area contributed by atoms with E-state index in [9.17, 15) is 9.90 Å². The normalized spacial score (nSPS) is 22.9. The number of nitrogens with one attached hydrogen (secondary N) is 1. The van der Waals surface area contributed by atoms with Crippen molar-refractivity contribution in [3.8, 4) is 0 Å². The molecule has 0 aromatic carbocycles. The predicted molar refractivity (Wildman–Crippen MR) is 86.1 cm³/mol. The molecule has 2 fully saturated rings. The van der Waals surface area contributed by atoms with Crippen LogP contribution in [-0.2, 0) is 17.8 Å². The Morgan fingerprint density at radius 1 is 1.29 bits per heavy atom. The van der Waals surface area contributed by atoms with E-state index in [2.05, 4.69) is 25.1 Å². The highest BCUT2D eigenvalue weighted by molar-refractivity contribution is 5.78. The molecule has 0 unspecified atom stereocenters. The lowest BCUT2D eigenvalue weighted by molar-refractivity contribution is -0.121. The summed E-state index contributed by atoms with van der Waals surface area (Å²) in [5.74, 6) is 1.96. The first-order valence-corrected chi connectivity index (χ1v) is 8.48. The molecule has 0 aliphatic heterocycles. The molecule has 1 amide bonds. The first kappa shape index (κ1) is 15.3. The van der Waals surface area contributed by atoms with Crippen LogP contribution in [-0.4, -0.2) is 36.8 Å². The van der Waals surface area contributed by atoms with E-state index in [1.165, 1.54) is 0 Å². The van der Waals surface area contributed by atoms with Gasteiger partial charge in [-0.05, 0) is 37.8 Å². The van der Waals surface area contributed by atoms with Crippen molar-refractivity contribution in [2.75, 3.05) is 0 Å².